The summed E-state index contributed by atoms with van der Waals surface area (Å²) in [6.45, 7) is 3.81. The zero-order valence-corrected chi connectivity index (χ0v) is 7.91. The molecule has 0 aromatic carbocycles. The molecule has 2 nitrogen and oxygen atoms in total. The maximum Gasteiger partial charge on any atom is 0.243 e. The topological polar surface area (TPSA) is 29.1 Å². The average Bonchev–Trinajstić information content (AvgIpc) is 2.47. The predicted octanol–water partition coefficient (Wildman–Crippen LogP) is 2.20. The largest absolute Gasteiger partial charge is 0.348 e. The third-order valence-corrected chi connectivity index (χ3v) is 2.58. The monoisotopic (exact) mass is 201 g/mol. The third kappa shape index (κ3) is 2.36. The molecule has 0 radical (unpaired) electrons. The van der Waals surface area contributed by atoms with E-state index in [1.165, 1.54) is 17.4 Å². The molecule has 1 aromatic heterocycles. The molecule has 1 N–H and O–H groups in total. The number of halogens is 1. The third-order valence-electron chi connectivity index (χ3n) is 1.33. The summed E-state index contributed by atoms with van der Waals surface area (Å²) in [5, 5.41) is 4.53. The highest BCUT2D eigenvalue weighted by Gasteiger charge is 2.01. The summed E-state index contributed by atoms with van der Waals surface area (Å²) in [6.07, 6.45) is 1.24. The van der Waals surface area contributed by atoms with Gasteiger partial charge in [0.25, 0.3) is 0 Å². The number of thiophene rings is 1. The Bertz CT molecular complexity index is 295. The van der Waals surface area contributed by atoms with Gasteiger partial charge in [-0.3, -0.25) is 4.79 Å². The van der Waals surface area contributed by atoms with Crippen LogP contribution in [0.25, 0.3) is 0 Å². The first-order chi connectivity index (χ1) is 5.74. The summed E-state index contributed by atoms with van der Waals surface area (Å²) in [5.41, 5.74) is 0.942. The fourth-order valence-corrected chi connectivity index (χ4v) is 1.63. The van der Waals surface area contributed by atoms with E-state index in [1.807, 2.05) is 11.4 Å². The van der Waals surface area contributed by atoms with Crippen LogP contribution in [-0.4, -0.2) is 5.91 Å². The lowest BCUT2D eigenvalue weighted by atomic mass is 10.3. The van der Waals surface area contributed by atoms with E-state index in [0.29, 0.717) is 6.54 Å². The molecule has 12 heavy (non-hydrogen) atoms. The number of carbonyl (C=O) groups is 1. The van der Waals surface area contributed by atoms with Gasteiger partial charge in [-0.05, 0) is 17.5 Å². The maximum absolute atomic E-state index is 10.7. The van der Waals surface area contributed by atoms with Gasteiger partial charge >= 0.3 is 0 Å². The molecule has 0 bridgehead atoms. The Labute approximate surface area is 79.9 Å². The predicted molar refractivity (Wildman–Crippen MR) is 51.4 cm³/mol. The van der Waals surface area contributed by atoms with Crippen LogP contribution in [-0.2, 0) is 11.3 Å². The van der Waals surface area contributed by atoms with Gasteiger partial charge in [0.1, 0.15) is 0 Å². The van der Waals surface area contributed by atoms with E-state index in [4.69, 9.17) is 11.6 Å². The molecule has 0 saturated carbocycles. The van der Waals surface area contributed by atoms with Crippen molar-refractivity contribution in [3.05, 3.63) is 34.0 Å². The van der Waals surface area contributed by atoms with Gasteiger partial charge in [-0.15, -0.1) is 11.3 Å². The van der Waals surface area contributed by atoms with Gasteiger partial charge < -0.3 is 5.32 Å². The molecule has 0 fully saturated rings. The molecule has 0 spiro atoms. The highest BCUT2D eigenvalue weighted by atomic mass is 35.5. The van der Waals surface area contributed by atoms with Gasteiger partial charge in [-0.1, -0.05) is 18.2 Å². The summed E-state index contributed by atoms with van der Waals surface area (Å²) in [7, 11) is 0. The molecular weight excluding hydrogens is 194 g/mol. The fraction of sp³-hybridized carbons (Fsp3) is 0.125. The number of hydrogen-bond donors (Lipinski definition) is 1. The van der Waals surface area contributed by atoms with Crippen LogP contribution in [0.1, 0.15) is 5.56 Å². The van der Waals surface area contributed by atoms with E-state index >= 15 is 0 Å². The molecule has 4 heteroatoms. The van der Waals surface area contributed by atoms with Crippen molar-refractivity contribution < 1.29 is 4.79 Å². The smallest absolute Gasteiger partial charge is 0.243 e. The minimum absolute atomic E-state index is 0.183. The van der Waals surface area contributed by atoms with Crippen molar-refractivity contribution in [2.24, 2.45) is 0 Å². The number of carbonyl (C=O) groups excluding carboxylic acids is 1. The summed E-state index contributed by atoms with van der Waals surface area (Å²) >= 11 is 7.26. The normalized spacial score (nSPS) is 9.42. The first-order valence-electron chi connectivity index (χ1n) is 3.36. The molecule has 0 atom stereocenters. The van der Waals surface area contributed by atoms with E-state index in [1.54, 1.807) is 0 Å². The van der Waals surface area contributed by atoms with Crippen LogP contribution in [0.4, 0.5) is 0 Å². The Balaban J connectivity index is 2.48. The van der Waals surface area contributed by atoms with Crippen molar-refractivity contribution in [3.8, 4) is 0 Å². The lowest BCUT2D eigenvalue weighted by Gasteiger charge is -1.99. The second kappa shape index (κ2) is 4.28. The highest BCUT2D eigenvalue weighted by molar-refractivity contribution is 7.14. The van der Waals surface area contributed by atoms with E-state index in [-0.39, 0.29) is 5.91 Å². The van der Waals surface area contributed by atoms with E-state index in [9.17, 15) is 4.79 Å². The first-order valence-corrected chi connectivity index (χ1v) is 4.62. The van der Waals surface area contributed by atoms with E-state index in [0.717, 1.165) is 9.90 Å². The molecule has 1 heterocycles. The van der Waals surface area contributed by atoms with Gasteiger partial charge in [0.2, 0.25) is 5.91 Å². The van der Waals surface area contributed by atoms with Crippen molar-refractivity contribution >= 4 is 28.8 Å². The highest BCUT2D eigenvalue weighted by Crippen LogP contribution is 2.22. The molecule has 0 aliphatic rings. The Morgan fingerprint density at radius 1 is 1.83 bits per heavy atom. The zero-order valence-electron chi connectivity index (χ0n) is 6.34. The Hall–Kier alpha value is -0.800. The van der Waals surface area contributed by atoms with Crippen LogP contribution < -0.4 is 5.32 Å². The van der Waals surface area contributed by atoms with E-state index < -0.39 is 0 Å². The summed E-state index contributed by atoms with van der Waals surface area (Å²) in [4.78, 5) is 10.7. The fourth-order valence-electron chi connectivity index (χ4n) is 0.700. The van der Waals surface area contributed by atoms with Gasteiger partial charge in [0.05, 0.1) is 4.34 Å². The molecule has 0 unspecified atom stereocenters. The van der Waals surface area contributed by atoms with Gasteiger partial charge in [-0.25, -0.2) is 0 Å². The quantitative estimate of drug-likeness (QED) is 0.747. The molecule has 1 amide bonds. The van der Waals surface area contributed by atoms with Crippen molar-refractivity contribution in [1.82, 2.24) is 5.32 Å². The van der Waals surface area contributed by atoms with Crippen LogP contribution in [0, 0.1) is 0 Å². The van der Waals surface area contributed by atoms with Gasteiger partial charge in [0, 0.05) is 12.1 Å². The molecule has 0 aliphatic heterocycles. The minimum Gasteiger partial charge on any atom is -0.348 e. The van der Waals surface area contributed by atoms with Crippen LogP contribution in [0.5, 0.6) is 0 Å². The standard InChI is InChI=1S/C8H8ClNOS/c1-2-7(11)10-5-6-3-4-12-8(6)9/h2-4H,1,5H2,(H,10,11). The van der Waals surface area contributed by atoms with Crippen LogP contribution in [0.3, 0.4) is 0 Å². The van der Waals surface area contributed by atoms with Crippen molar-refractivity contribution in [1.29, 1.82) is 0 Å². The van der Waals surface area contributed by atoms with E-state index in [2.05, 4.69) is 11.9 Å². The Kier molecular flexibility index (Phi) is 3.31. The summed E-state index contributed by atoms with van der Waals surface area (Å²) in [5.74, 6) is -0.183. The maximum atomic E-state index is 10.7. The van der Waals surface area contributed by atoms with Crippen LogP contribution in [0.2, 0.25) is 4.34 Å². The van der Waals surface area contributed by atoms with Gasteiger partial charge in [-0.2, -0.15) is 0 Å². The molecular formula is C8H8ClNOS. The molecule has 0 saturated heterocycles. The Morgan fingerprint density at radius 3 is 3.08 bits per heavy atom. The number of rotatable bonds is 3. The van der Waals surface area contributed by atoms with Crippen LogP contribution in [0.15, 0.2) is 24.1 Å². The SMILES string of the molecule is C=CC(=O)NCc1ccsc1Cl. The van der Waals surface area contributed by atoms with Crippen molar-refractivity contribution in [2.75, 3.05) is 0 Å². The molecule has 0 aliphatic carbocycles. The average molecular weight is 202 g/mol. The minimum atomic E-state index is -0.183. The number of hydrogen-bond acceptors (Lipinski definition) is 2. The van der Waals surface area contributed by atoms with Gasteiger partial charge in [0.15, 0.2) is 0 Å². The molecule has 64 valence electrons. The summed E-state index contributed by atoms with van der Waals surface area (Å²) in [6, 6.07) is 1.89. The lowest BCUT2D eigenvalue weighted by Crippen LogP contribution is -2.19. The molecule has 1 rings (SSSR count). The van der Waals surface area contributed by atoms with Crippen molar-refractivity contribution in [2.45, 2.75) is 6.54 Å². The zero-order chi connectivity index (χ0) is 8.97. The first kappa shape index (κ1) is 9.29. The van der Waals surface area contributed by atoms with Crippen LogP contribution >= 0.6 is 22.9 Å². The second-order valence-corrected chi connectivity index (χ2v) is 3.66. The molecule has 1 aromatic rings. The second-order valence-electron chi connectivity index (χ2n) is 2.14. The Morgan fingerprint density at radius 2 is 2.58 bits per heavy atom. The summed E-state index contributed by atoms with van der Waals surface area (Å²) < 4.78 is 0.722. The van der Waals surface area contributed by atoms with Crippen molar-refractivity contribution in [3.63, 3.8) is 0 Å². The number of amides is 1. The number of nitrogens with one attached hydrogen (secondary N) is 1. The lowest BCUT2D eigenvalue weighted by molar-refractivity contribution is -0.116.